The van der Waals surface area contributed by atoms with Crippen molar-refractivity contribution in [3.05, 3.63) is 0 Å². The summed E-state index contributed by atoms with van der Waals surface area (Å²) in [4.78, 5) is 2.25. The SMILES string of the molecule is CCCC1CCOCCOCCN(C)CCOC(C)(CC)CCO1. The van der Waals surface area contributed by atoms with Gasteiger partial charge in [-0.15, -0.1) is 0 Å². The largest absolute Gasteiger partial charge is 0.379 e. The molecule has 0 radical (unpaired) electrons. The number of ether oxygens (including phenoxy) is 4. The van der Waals surface area contributed by atoms with Crippen molar-refractivity contribution in [3.8, 4) is 0 Å². The van der Waals surface area contributed by atoms with E-state index in [2.05, 4.69) is 32.7 Å². The standard InChI is InChI=1S/C19H39NO4/c1-5-7-18-8-12-21-16-17-22-14-10-20(4)11-15-24-19(3,6-2)9-13-23-18/h18H,5-17H2,1-4H3. The summed E-state index contributed by atoms with van der Waals surface area (Å²) < 4.78 is 23.6. The van der Waals surface area contributed by atoms with Gasteiger partial charge in [0.1, 0.15) is 0 Å². The first-order valence-corrected chi connectivity index (χ1v) is 9.69. The molecule has 1 rings (SSSR count). The molecule has 1 aliphatic rings. The Morgan fingerprint density at radius 3 is 2.38 bits per heavy atom. The Kier molecular flexibility index (Phi) is 11.9. The Balaban J connectivity index is 2.51. The Morgan fingerprint density at radius 2 is 1.67 bits per heavy atom. The fourth-order valence-electron chi connectivity index (χ4n) is 2.74. The summed E-state index contributed by atoms with van der Waals surface area (Å²) in [7, 11) is 2.11. The maximum absolute atomic E-state index is 6.18. The van der Waals surface area contributed by atoms with E-state index >= 15 is 0 Å². The summed E-state index contributed by atoms with van der Waals surface area (Å²) in [5, 5.41) is 0. The van der Waals surface area contributed by atoms with Gasteiger partial charge in [0.2, 0.25) is 0 Å². The molecule has 1 heterocycles. The first kappa shape index (κ1) is 21.8. The van der Waals surface area contributed by atoms with Gasteiger partial charge in [-0.1, -0.05) is 20.3 Å². The Bertz CT molecular complexity index is 303. The fourth-order valence-corrected chi connectivity index (χ4v) is 2.74. The highest BCUT2D eigenvalue weighted by atomic mass is 16.5. The molecule has 24 heavy (non-hydrogen) atoms. The van der Waals surface area contributed by atoms with Gasteiger partial charge in [0.25, 0.3) is 0 Å². The molecule has 5 heteroatoms. The molecule has 0 aromatic heterocycles. The van der Waals surface area contributed by atoms with Crippen LogP contribution in [-0.2, 0) is 18.9 Å². The molecule has 0 bridgehead atoms. The van der Waals surface area contributed by atoms with E-state index in [1.54, 1.807) is 0 Å². The molecule has 1 saturated heterocycles. The zero-order chi connectivity index (χ0) is 17.7. The monoisotopic (exact) mass is 345 g/mol. The molecule has 0 spiro atoms. The molecule has 0 saturated carbocycles. The van der Waals surface area contributed by atoms with Gasteiger partial charge >= 0.3 is 0 Å². The third-order valence-electron chi connectivity index (χ3n) is 4.84. The highest BCUT2D eigenvalue weighted by Gasteiger charge is 2.23. The summed E-state index contributed by atoms with van der Waals surface area (Å²) in [6.07, 6.45) is 5.43. The second kappa shape index (κ2) is 13.1. The fraction of sp³-hybridized carbons (Fsp3) is 1.00. The van der Waals surface area contributed by atoms with Crippen molar-refractivity contribution in [2.75, 3.05) is 59.8 Å². The van der Waals surface area contributed by atoms with Crippen molar-refractivity contribution < 1.29 is 18.9 Å². The Hall–Kier alpha value is -0.200. The zero-order valence-corrected chi connectivity index (χ0v) is 16.3. The van der Waals surface area contributed by atoms with Crippen LogP contribution in [0.4, 0.5) is 0 Å². The molecule has 0 aromatic carbocycles. The predicted octanol–water partition coefficient (Wildman–Crippen LogP) is 3.12. The zero-order valence-electron chi connectivity index (χ0n) is 16.3. The van der Waals surface area contributed by atoms with Crippen molar-refractivity contribution in [3.63, 3.8) is 0 Å². The van der Waals surface area contributed by atoms with Gasteiger partial charge in [0, 0.05) is 26.3 Å². The van der Waals surface area contributed by atoms with Crippen LogP contribution in [0.2, 0.25) is 0 Å². The molecule has 1 fully saturated rings. The molecular formula is C19H39NO4. The summed E-state index contributed by atoms with van der Waals surface area (Å²) in [5.41, 5.74) is -0.0986. The number of hydrogen-bond acceptors (Lipinski definition) is 5. The van der Waals surface area contributed by atoms with Crippen LogP contribution >= 0.6 is 0 Å². The van der Waals surface area contributed by atoms with Crippen molar-refractivity contribution in [2.45, 2.75) is 64.6 Å². The lowest BCUT2D eigenvalue weighted by atomic mass is 9.99. The van der Waals surface area contributed by atoms with Crippen molar-refractivity contribution >= 4 is 0 Å². The van der Waals surface area contributed by atoms with E-state index < -0.39 is 0 Å². The molecular weight excluding hydrogens is 306 g/mol. The first-order chi connectivity index (χ1) is 11.6. The smallest absolute Gasteiger partial charge is 0.0701 e. The molecule has 1 aliphatic heterocycles. The molecule has 2 unspecified atom stereocenters. The van der Waals surface area contributed by atoms with Crippen LogP contribution in [0.15, 0.2) is 0 Å². The lowest BCUT2D eigenvalue weighted by molar-refractivity contribution is -0.0714. The highest BCUT2D eigenvalue weighted by Crippen LogP contribution is 2.21. The van der Waals surface area contributed by atoms with Gasteiger partial charge in [0.15, 0.2) is 0 Å². The van der Waals surface area contributed by atoms with Crippen LogP contribution in [0, 0.1) is 0 Å². The number of nitrogens with zero attached hydrogens (tertiary/aromatic N) is 1. The van der Waals surface area contributed by atoms with E-state index in [1.807, 2.05) is 0 Å². The van der Waals surface area contributed by atoms with E-state index in [9.17, 15) is 0 Å². The van der Waals surface area contributed by atoms with E-state index in [4.69, 9.17) is 18.9 Å². The molecule has 0 N–H and O–H groups in total. The van der Waals surface area contributed by atoms with Gasteiger partial charge in [0.05, 0.1) is 38.1 Å². The van der Waals surface area contributed by atoms with Crippen molar-refractivity contribution in [1.29, 1.82) is 0 Å². The third-order valence-corrected chi connectivity index (χ3v) is 4.84. The molecule has 2 atom stereocenters. The van der Waals surface area contributed by atoms with Gasteiger partial charge < -0.3 is 23.8 Å². The second-order valence-electron chi connectivity index (χ2n) is 7.00. The number of likely N-dealkylation sites (N-methyl/N-ethyl adjacent to an activating group) is 1. The molecule has 0 aromatic rings. The minimum Gasteiger partial charge on any atom is -0.379 e. The maximum Gasteiger partial charge on any atom is 0.0701 e. The normalized spacial score (nSPS) is 30.8. The maximum atomic E-state index is 6.18. The molecule has 144 valence electrons. The quantitative estimate of drug-likeness (QED) is 0.786. The lowest BCUT2D eigenvalue weighted by Gasteiger charge is -2.30. The summed E-state index contributed by atoms with van der Waals surface area (Å²) in [5.74, 6) is 0. The predicted molar refractivity (Wildman–Crippen MR) is 97.7 cm³/mol. The van der Waals surface area contributed by atoms with E-state index in [-0.39, 0.29) is 5.60 Å². The highest BCUT2D eigenvalue weighted by molar-refractivity contribution is 4.74. The minimum atomic E-state index is -0.0986. The third kappa shape index (κ3) is 9.94. The number of hydrogen-bond donors (Lipinski definition) is 0. The van der Waals surface area contributed by atoms with Gasteiger partial charge in [-0.25, -0.2) is 0 Å². The summed E-state index contributed by atoms with van der Waals surface area (Å²) in [6, 6.07) is 0. The van der Waals surface area contributed by atoms with Crippen LogP contribution in [0.25, 0.3) is 0 Å². The van der Waals surface area contributed by atoms with E-state index in [0.717, 1.165) is 71.6 Å². The molecule has 5 nitrogen and oxygen atoms in total. The Morgan fingerprint density at radius 1 is 0.958 bits per heavy atom. The Labute approximate surface area is 149 Å². The number of rotatable bonds is 3. The average molecular weight is 346 g/mol. The van der Waals surface area contributed by atoms with Crippen molar-refractivity contribution in [2.24, 2.45) is 0 Å². The van der Waals surface area contributed by atoms with Gasteiger partial charge in [-0.2, -0.15) is 0 Å². The lowest BCUT2D eigenvalue weighted by Crippen LogP contribution is -2.35. The first-order valence-electron chi connectivity index (χ1n) is 9.69. The summed E-state index contributed by atoms with van der Waals surface area (Å²) in [6.45, 7) is 12.8. The van der Waals surface area contributed by atoms with E-state index in [1.165, 1.54) is 0 Å². The second-order valence-corrected chi connectivity index (χ2v) is 7.00. The van der Waals surface area contributed by atoms with Crippen molar-refractivity contribution in [1.82, 2.24) is 4.90 Å². The van der Waals surface area contributed by atoms with E-state index in [0.29, 0.717) is 19.3 Å². The minimum absolute atomic E-state index is 0.0986. The van der Waals surface area contributed by atoms with Crippen LogP contribution in [0.5, 0.6) is 0 Å². The summed E-state index contributed by atoms with van der Waals surface area (Å²) >= 11 is 0. The topological polar surface area (TPSA) is 40.2 Å². The van der Waals surface area contributed by atoms with Gasteiger partial charge in [-0.3, -0.25) is 0 Å². The van der Waals surface area contributed by atoms with Gasteiger partial charge in [-0.05, 0) is 39.7 Å². The molecule has 0 amide bonds. The average Bonchev–Trinajstić information content (AvgIpc) is 2.56. The van der Waals surface area contributed by atoms with Crippen LogP contribution in [-0.4, -0.2) is 76.4 Å². The van der Waals surface area contributed by atoms with Crippen LogP contribution < -0.4 is 0 Å². The molecule has 0 aliphatic carbocycles. The van der Waals surface area contributed by atoms with Crippen LogP contribution in [0.1, 0.15) is 52.9 Å². The van der Waals surface area contributed by atoms with Crippen LogP contribution in [0.3, 0.4) is 0 Å².